The maximum absolute atomic E-state index is 12.8. The van der Waals surface area contributed by atoms with Crippen molar-refractivity contribution in [3.05, 3.63) is 53.6 Å². The number of nitrogens with zero attached hydrogens (tertiary/aromatic N) is 1. The number of benzene rings is 2. The molecule has 0 bridgehead atoms. The highest BCUT2D eigenvalue weighted by atomic mass is 32.2. The fraction of sp³-hybridized carbons (Fsp3) is 0.190. The number of hydrogen-bond acceptors (Lipinski definition) is 7. The van der Waals surface area contributed by atoms with E-state index in [2.05, 4.69) is 15.6 Å². The van der Waals surface area contributed by atoms with E-state index in [1.807, 2.05) is 0 Å². The predicted octanol–water partition coefficient (Wildman–Crippen LogP) is 0.606. The number of amides is 2. The van der Waals surface area contributed by atoms with Crippen molar-refractivity contribution in [2.45, 2.75) is 17.4 Å². The third kappa shape index (κ3) is 6.46. The molecular formula is C21H21N5O6S. The number of Topliss-reactive ketones (excluding diaryl/α,β-unsaturated/α-hetero) is 1. The first-order chi connectivity index (χ1) is 15.7. The Hall–Kier alpha value is -4.06. The number of carboxylic acids is 1. The number of carbonyl (C=O) groups excluding carboxylic acids is 3. The molecule has 1 unspecified atom stereocenters. The van der Waals surface area contributed by atoms with E-state index in [0.29, 0.717) is 17.4 Å². The molecule has 7 N–H and O–H groups in total. The number of thioether (sulfide) groups is 1. The molecule has 33 heavy (non-hydrogen) atoms. The molecule has 0 radical (unpaired) electrons. The highest BCUT2D eigenvalue weighted by Gasteiger charge is 2.26. The summed E-state index contributed by atoms with van der Waals surface area (Å²) in [6.07, 6.45) is -0.619. The Morgan fingerprint density at radius 3 is 2.64 bits per heavy atom. The van der Waals surface area contributed by atoms with Crippen molar-refractivity contribution < 1.29 is 29.0 Å². The molecule has 0 saturated carbocycles. The zero-order valence-electron chi connectivity index (χ0n) is 17.2. The smallest absolute Gasteiger partial charge is 0.305 e. The molecule has 0 aliphatic carbocycles. The summed E-state index contributed by atoms with van der Waals surface area (Å²) in [7, 11) is 0. The van der Waals surface area contributed by atoms with E-state index >= 15 is 0 Å². The number of carbonyl (C=O) groups is 4. The number of ketones is 1. The van der Waals surface area contributed by atoms with Crippen LogP contribution < -0.4 is 26.8 Å². The number of aliphatic carboxylic acids is 1. The number of aliphatic imine (C=N–C) groups is 1. The van der Waals surface area contributed by atoms with Gasteiger partial charge >= 0.3 is 5.97 Å². The van der Waals surface area contributed by atoms with E-state index < -0.39 is 42.6 Å². The molecule has 2 aromatic carbocycles. The molecule has 0 saturated heterocycles. The van der Waals surface area contributed by atoms with E-state index in [4.69, 9.17) is 16.2 Å². The molecule has 0 fully saturated rings. The van der Waals surface area contributed by atoms with Crippen molar-refractivity contribution in [1.29, 1.82) is 0 Å². The summed E-state index contributed by atoms with van der Waals surface area (Å²) < 4.78 is 5.41. The van der Waals surface area contributed by atoms with Crippen molar-refractivity contribution >= 4 is 47.0 Å². The molecule has 1 aliphatic heterocycles. The molecule has 2 amide bonds. The highest BCUT2D eigenvalue weighted by molar-refractivity contribution is 7.99. The van der Waals surface area contributed by atoms with E-state index in [1.54, 1.807) is 24.3 Å². The first-order valence-corrected chi connectivity index (χ1v) is 10.6. The van der Waals surface area contributed by atoms with E-state index in [1.165, 1.54) is 30.0 Å². The molecule has 1 atom stereocenters. The van der Waals surface area contributed by atoms with Gasteiger partial charge in [-0.2, -0.15) is 0 Å². The molecule has 3 rings (SSSR count). The molecule has 11 nitrogen and oxygen atoms in total. The van der Waals surface area contributed by atoms with Crippen LogP contribution in [-0.2, 0) is 9.59 Å². The van der Waals surface area contributed by atoms with E-state index in [-0.39, 0.29) is 17.1 Å². The van der Waals surface area contributed by atoms with Gasteiger partial charge in [-0.1, -0.05) is 17.8 Å². The summed E-state index contributed by atoms with van der Waals surface area (Å²) in [5.41, 5.74) is 11.4. The van der Waals surface area contributed by atoms with Crippen LogP contribution in [0.4, 0.5) is 5.69 Å². The fourth-order valence-corrected chi connectivity index (χ4v) is 3.75. The van der Waals surface area contributed by atoms with Crippen LogP contribution in [0.25, 0.3) is 0 Å². The number of nitrogens with one attached hydrogen (secondary N) is 2. The Morgan fingerprint density at radius 1 is 1.12 bits per heavy atom. The average molecular weight is 471 g/mol. The fourth-order valence-electron chi connectivity index (χ4n) is 3.01. The lowest BCUT2D eigenvalue weighted by Gasteiger charge is -2.16. The number of carboxylic acid groups (broad SMARTS) is 1. The Labute approximate surface area is 192 Å². The quantitative estimate of drug-likeness (QED) is 0.198. The third-order valence-electron chi connectivity index (χ3n) is 4.46. The molecule has 0 spiro atoms. The van der Waals surface area contributed by atoms with Crippen LogP contribution in [-0.4, -0.2) is 53.2 Å². The first kappa shape index (κ1) is 23.6. The number of guanidine groups is 1. The summed E-state index contributed by atoms with van der Waals surface area (Å²) >= 11 is 1.47. The molecular weight excluding hydrogens is 450 g/mol. The first-order valence-electron chi connectivity index (χ1n) is 9.66. The van der Waals surface area contributed by atoms with Crippen molar-refractivity contribution in [1.82, 2.24) is 10.6 Å². The van der Waals surface area contributed by atoms with Gasteiger partial charge < -0.3 is 31.9 Å². The van der Waals surface area contributed by atoms with Crippen LogP contribution in [0.5, 0.6) is 5.75 Å². The van der Waals surface area contributed by atoms with E-state index in [0.717, 1.165) is 4.90 Å². The van der Waals surface area contributed by atoms with Crippen molar-refractivity contribution in [2.75, 3.05) is 12.5 Å². The van der Waals surface area contributed by atoms with Crippen LogP contribution in [0, 0.1) is 0 Å². The minimum absolute atomic E-state index is 0.172. The molecule has 0 aromatic heterocycles. The van der Waals surface area contributed by atoms with Crippen LogP contribution in [0.15, 0.2) is 52.4 Å². The average Bonchev–Trinajstić information content (AvgIpc) is 3.24. The SMILES string of the molecule is NC(N)=Nc1cccc(C(=O)NCC(=O)NC(CC(=O)O)C(=O)c2ccc3c(c2)OCS3)c1. The Balaban J connectivity index is 1.63. The van der Waals surface area contributed by atoms with Gasteiger partial charge in [-0.15, -0.1) is 0 Å². The van der Waals surface area contributed by atoms with Crippen molar-refractivity contribution in [3.8, 4) is 5.75 Å². The van der Waals surface area contributed by atoms with Crippen LogP contribution in [0.2, 0.25) is 0 Å². The lowest BCUT2D eigenvalue weighted by molar-refractivity contribution is -0.137. The standard InChI is InChI=1S/C21H21N5O6S/c22-21(23)25-13-3-1-2-12(6-13)20(31)24-9-17(27)26-14(8-18(28)29)19(30)11-4-5-16-15(7-11)32-10-33-16/h1-7,14H,8-10H2,(H,24,31)(H,26,27)(H,28,29)(H4,22,23,25). The van der Waals surface area contributed by atoms with Gasteiger partial charge in [-0.25, -0.2) is 4.99 Å². The summed E-state index contributed by atoms with van der Waals surface area (Å²) in [5.74, 6) is -2.36. The van der Waals surface area contributed by atoms with Gasteiger partial charge in [0.05, 0.1) is 23.5 Å². The molecule has 12 heteroatoms. The minimum Gasteiger partial charge on any atom is -0.481 e. The molecule has 172 valence electrons. The largest absolute Gasteiger partial charge is 0.481 e. The lowest BCUT2D eigenvalue weighted by Crippen LogP contribution is -2.46. The van der Waals surface area contributed by atoms with Gasteiger partial charge in [-0.3, -0.25) is 19.2 Å². The number of fused-ring (bicyclic) bond motifs is 1. The highest BCUT2D eigenvalue weighted by Crippen LogP contribution is 2.36. The lowest BCUT2D eigenvalue weighted by atomic mass is 10.0. The van der Waals surface area contributed by atoms with Crippen molar-refractivity contribution in [2.24, 2.45) is 16.5 Å². The Kier molecular flexibility index (Phi) is 7.51. The topological polar surface area (TPSA) is 186 Å². The van der Waals surface area contributed by atoms with Gasteiger partial charge in [-0.05, 0) is 36.4 Å². The predicted molar refractivity (Wildman–Crippen MR) is 121 cm³/mol. The summed E-state index contributed by atoms with van der Waals surface area (Å²) in [6.45, 7) is -0.474. The Bertz CT molecular complexity index is 1130. The number of ether oxygens (including phenoxy) is 1. The number of rotatable bonds is 9. The Morgan fingerprint density at radius 2 is 1.91 bits per heavy atom. The summed E-state index contributed by atoms with van der Waals surface area (Å²) in [5, 5.41) is 14.0. The van der Waals surface area contributed by atoms with Gasteiger partial charge in [0.25, 0.3) is 5.91 Å². The van der Waals surface area contributed by atoms with Gasteiger partial charge in [0, 0.05) is 11.1 Å². The number of hydrogen-bond donors (Lipinski definition) is 5. The molecule has 1 heterocycles. The number of nitrogens with two attached hydrogens (primary N) is 2. The van der Waals surface area contributed by atoms with Crippen LogP contribution in [0.3, 0.4) is 0 Å². The van der Waals surface area contributed by atoms with Gasteiger partial charge in [0.1, 0.15) is 17.7 Å². The maximum Gasteiger partial charge on any atom is 0.305 e. The van der Waals surface area contributed by atoms with E-state index in [9.17, 15) is 24.3 Å². The van der Waals surface area contributed by atoms with Gasteiger partial charge in [0.15, 0.2) is 11.7 Å². The monoisotopic (exact) mass is 471 g/mol. The zero-order valence-corrected chi connectivity index (χ0v) is 18.1. The third-order valence-corrected chi connectivity index (χ3v) is 5.35. The maximum atomic E-state index is 12.8. The van der Waals surface area contributed by atoms with Crippen LogP contribution in [0.1, 0.15) is 27.1 Å². The second-order valence-electron chi connectivity index (χ2n) is 6.92. The second-order valence-corrected chi connectivity index (χ2v) is 7.88. The summed E-state index contributed by atoms with van der Waals surface area (Å²) in [4.78, 5) is 53.5. The minimum atomic E-state index is -1.32. The summed E-state index contributed by atoms with van der Waals surface area (Å²) in [6, 6.07) is 9.55. The molecule has 2 aromatic rings. The van der Waals surface area contributed by atoms with Crippen LogP contribution >= 0.6 is 11.8 Å². The second kappa shape index (κ2) is 10.5. The van der Waals surface area contributed by atoms with Gasteiger partial charge in [0.2, 0.25) is 5.91 Å². The molecule has 1 aliphatic rings. The normalized spacial score (nSPS) is 12.6. The van der Waals surface area contributed by atoms with Crippen molar-refractivity contribution in [3.63, 3.8) is 0 Å². The zero-order chi connectivity index (χ0) is 24.0.